The zero-order chi connectivity index (χ0) is 18.8. The molecule has 26 heavy (non-hydrogen) atoms. The van der Waals surface area contributed by atoms with Crippen LogP contribution in [0.4, 0.5) is 5.69 Å². The van der Waals surface area contributed by atoms with Gasteiger partial charge in [-0.1, -0.05) is 18.2 Å². The van der Waals surface area contributed by atoms with Crippen molar-refractivity contribution in [1.82, 2.24) is 15.1 Å². The van der Waals surface area contributed by atoms with Crippen molar-refractivity contribution >= 4 is 17.5 Å². The van der Waals surface area contributed by atoms with Crippen molar-refractivity contribution in [1.29, 1.82) is 0 Å². The van der Waals surface area contributed by atoms with Crippen LogP contribution in [0.15, 0.2) is 30.3 Å². The van der Waals surface area contributed by atoms with Gasteiger partial charge in [-0.05, 0) is 45.7 Å². The molecule has 2 unspecified atom stereocenters. The van der Waals surface area contributed by atoms with Gasteiger partial charge in [-0.3, -0.25) is 14.3 Å². The van der Waals surface area contributed by atoms with E-state index in [2.05, 4.69) is 10.4 Å². The molecule has 138 valence electrons. The number of nitrogens with one attached hydrogen (secondary N) is 1. The Bertz CT molecular complexity index is 813. The number of amides is 2. The molecule has 0 bridgehead atoms. The van der Waals surface area contributed by atoms with Crippen molar-refractivity contribution in [3.63, 3.8) is 0 Å². The highest BCUT2D eigenvalue weighted by Crippen LogP contribution is 2.25. The maximum Gasteiger partial charge on any atom is 0.249 e. The molecule has 0 saturated carbocycles. The second kappa shape index (κ2) is 7.32. The van der Waals surface area contributed by atoms with E-state index in [0.29, 0.717) is 13.0 Å². The summed E-state index contributed by atoms with van der Waals surface area (Å²) < 4.78 is 1.79. The second-order valence-corrected chi connectivity index (χ2v) is 6.96. The van der Waals surface area contributed by atoms with Crippen molar-refractivity contribution in [3.05, 3.63) is 47.3 Å². The molecule has 2 atom stereocenters. The lowest BCUT2D eigenvalue weighted by molar-refractivity contribution is -0.129. The average Bonchev–Trinajstić information content (AvgIpc) is 2.89. The molecular formula is C20H26N4O2. The number of aryl methyl sites for hydroxylation is 2. The SMILES string of the molecule is Cc1nn(C)c(C)c1C(C)C(=O)NC1CCCN(c2ccccc2)C1=O. The number of anilines is 1. The maximum atomic E-state index is 12.9. The zero-order valence-corrected chi connectivity index (χ0v) is 15.8. The Morgan fingerprint density at radius 2 is 1.96 bits per heavy atom. The first-order valence-electron chi connectivity index (χ1n) is 9.07. The van der Waals surface area contributed by atoms with E-state index in [1.807, 2.05) is 58.2 Å². The molecule has 1 N–H and O–H groups in total. The number of para-hydroxylation sites is 1. The van der Waals surface area contributed by atoms with Crippen LogP contribution in [-0.4, -0.2) is 34.2 Å². The van der Waals surface area contributed by atoms with Crippen LogP contribution in [0.25, 0.3) is 0 Å². The summed E-state index contributed by atoms with van der Waals surface area (Å²) in [5, 5.41) is 7.35. The monoisotopic (exact) mass is 354 g/mol. The van der Waals surface area contributed by atoms with Gasteiger partial charge in [-0.25, -0.2) is 0 Å². The molecule has 1 aliphatic heterocycles. The summed E-state index contributed by atoms with van der Waals surface area (Å²) in [6, 6.07) is 9.13. The van der Waals surface area contributed by atoms with Gasteiger partial charge in [-0.15, -0.1) is 0 Å². The fourth-order valence-electron chi connectivity index (χ4n) is 3.72. The summed E-state index contributed by atoms with van der Waals surface area (Å²) in [6.45, 7) is 6.43. The molecular weight excluding hydrogens is 328 g/mol. The summed E-state index contributed by atoms with van der Waals surface area (Å²) in [5.41, 5.74) is 3.65. The number of piperidine rings is 1. The summed E-state index contributed by atoms with van der Waals surface area (Å²) in [6.07, 6.45) is 1.54. The van der Waals surface area contributed by atoms with E-state index in [4.69, 9.17) is 0 Å². The molecule has 1 aromatic carbocycles. The molecule has 2 amide bonds. The van der Waals surface area contributed by atoms with E-state index < -0.39 is 6.04 Å². The summed E-state index contributed by atoms with van der Waals surface area (Å²) >= 11 is 0. The third-order valence-corrected chi connectivity index (χ3v) is 5.21. The Morgan fingerprint density at radius 1 is 1.27 bits per heavy atom. The summed E-state index contributed by atoms with van der Waals surface area (Å²) in [5.74, 6) is -0.510. The second-order valence-electron chi connectivity index (χ2n) is 6.96. The smallest absolute Gasteiger partial charge is 0.249 e. The van der Waals surface area contributed by atoms with Gasteiger partial charge in [-0.2, -0.15) is 5.10 Å². The molecule has 0 radical (unpaired) electrons. The highest BCUT2D eigenvalue weighted by atomic mass is 16.2. The van der Waals surface area contributed by atoms with E-state index in [-0.39, 0.29) is 17.7 Å². The Hall–Kier alpha value is -2.63. The van der Waals surface area contributed by atoms with Gasteiger partial charge in [0.05, 0.1) is 11.6 Å². The summed E-state index contributed by atoms with van der Waals surface area (Å²) in [7, 11) is 1.87. The fourth-order valence-corrected chi connectivity index (χ4v) is 3.72. The minimum Gasteiger partial charge on any atom is -0.344 e. The lowest BCUT2D eigenvalue weighted by Gasteiger charge is -2.33. The van der Waals surface area contributed by atoms with Crippen molar-refractivity contribution < 1.29 is 9.59 Å². The van der Waals surface area contributed by atoms with Crippen LogP contribution >= 0.6 is 0 Å². The number of benzene rings is 1. The number of hydrogen-bond donors (Lipinski definition) is 1. The van der Waals surface area contributed by atoms with E-state index in [1.54, 1.807) is 9.58 Å². The maximum absolute atomic E-state index is 12.9. The highest BCUT2D eigenvalue weighted by Gasteiger charge is 2.32. The molecule has 3 rings (SSSR count). The molecule has 1 aromatic heterocycles. The number of carbonyl (C=O) groups is 2. The standard InChI is InChI=1S/C20H26N4O2/c1-13(18-14(2)22-23(4)15(18)3)19(25)21-17-11-8-12-24(20(17)26)16-9-6-5-7-10-16/h5-7,9-10,13,17H,8,11-12H2,1-4H3,(H,21,25). The third kappa shape index (κ3) is 3.36. The minimum absolute atomic E-state index is 0.0392. The number of aromatic nitrogens is 2. The number of rotatable bonds is 4. The Labute approximate surface area is 154 Å². The Kier molecular flexibility index (Phi) is 5.11. The van der Waals surface area contributed by atoms with Gasteiger partial charge in [0.15, 0.2) is 0 Å². The van der Waals surface area contributed by atoms with Crippen molar-refractivity contribution in [2.75, 3.05) is 11.4 Å². The predicted octanol–water partition coefficient (Wildman–Crippen LogP) is 2.45. The zero-order valence-electron chi connectivity index (χ0n) is 15.8. The molecule has 1 saturated heterocycles. The molecule has 1 fully saturated rings. The van der Waals surface area contributed by atoms with Crippen LogP contribution in [0.1, 0.15) is 42.6 Å². The largest absolute Gasteiger partial charge is 0.344 e. The predicted molar refractivity (Wildman–Crippen MR) is 101 cm³/mol. The number of carbonyl (C=O) groups excluding carboxylic acids is 2. The van der Waals surface area contributed by atoms with Crippen molar-refractivity contribution in [2.24, 2.45) is 7.05 Å². The third-order valence-electron chi connectivity index (χ3n) is 5.21. The van der Waals surface area contributed by atoms with Crippen LogP contribution in [0.2, 0.25) is 0 Å². The molecule has 6 heteroatoms. The molecule has 2 aromatic rings. The van der Waals surface area contributed by atoms with E-state index in [1.165, 1.54) is 0 Å². The van der Waals surface area contributed by atoms with Crippen molar-refractivity contribution in [3.8, 4) is 0 Å². The minimum atomic E-state index is -0.476. The lowest BCUT2D eigenvalue weighted by atomic mass is 9.96. The van der Waals surface area contributed by atoms with Crippen LogP contribution < -0.4 is 10.2 Å². The Morgan fingerprint density at radius 3 is 2.58 bits per heavy atom. The van der Waals surface area contributed by atoms with Crippen molar-refractivity contribution in [2.45, 2.75) is 45.6 Å². The lowest BCUT2D eigenvalue weighted by Crippen LogP contribution is -2.53. The van der Waals surface area contributed by atoms with Crippen LogP contribution in [0.5, 0.6) is 0 Å². The van der Waals surface area contributed by atoms with Crippen LogP contribution in [0, 0.1) is 13.8 Å². The van der Waals surface area contributed by atoms with E-state index in [0.717, 1.165) is 29.1 Å². The fraction of sp³-hybridized carbons (Fsp3) is 0.450. The topological polar surface area (TPSA) is 67.2 Å². The molecule has 1 aliphatic rings. The van der Waals surface area contributed by atoms with Gasteiger partial charge in [0.25, 0.3) is 0 Å². The van der Waals surface area contributed by atoms with Crippen LogP contribution in [0.3, 0.4) is 0 Å². The van der Waals surface area contributed by atoms with E-state index in [9.17, 15) is 9.59 Å². The van der Waals surface area contributed by atoms with E-state index >= 15 is 0 Å². The molecule has 0 spiro atoms. The van der Waals surface area contributed by atoms with Gasteiger partial charge in [0, 0.05) is 30.5 Å². The molecule has 2 heterocycles. The molecule has 0 aliphatic carbocycles. The first-order chi connectivity index (χ1) is 12.4. The summed E-state index contributed by atoms with van der Waals surface area (Å²) in [4.78, 5) is 27.4. The quantitative estimate of drug-likeness (QED) is 0.917. The number of nitrogens with zero attached hydrogens (tertiary/aromatic N) is 3. The first-order valence-corrected chi connectivity index (χ1v) is 9.07. The van der Waals surface area contributed by atoms with Gasteiger partial charge < -0.3 is 10.2 Å². The van der Waals surface area contributed by atoms with Gasteiger partial charge >= 0.3 is 0 Å². The highest BCUT2D eigenvalue weighted by molar-refractivity contribution is 6.00. The normalized spacial score (nSPS) is 18.7. The Balaban J connectivity index is 1.73. The van der Waals surface area contributed by atoms with Crippen LogP contribution in [-0.2, 0) is 16.6 Å². The average molecular weight is 354 g/mol. The molecule has 6 nitrogen and oxygen atoms in total. The first kappa shape index (κ1) is 18.2. The number of hydrogen-bond acceptors (Lipinski definition) is 3. The van der Waals surface area contributed by atoms with Gasteiger partial charge in [0.1, 0.15) is 6.04 Å². The van der Waals surface area contributed by atoms with Gasteiger partial charge in [0.2, 0.25) is 11.8 Å².